The number of anilines is 2. The highest BCUT2D eigenvalue weighted by Crippen LogP contribution is 2.29. The molecule has 0 amide bonds. The maximum Gasteiger partial charge on any atom is 0.273 e. The van der Waals surface area contributed by atoms with Gasteiger partial charge in [0, 0.05) is 17.3 Å². The van der Waals surface area contributed by atoms with Crippen LogP contribution in [0.15, 0.2) is 53.1 Å². The zero-order valence-corrected chi connectivity index (χ0v) is 18.2. The number of thiocarbonyl (C=S) groups is 1. The van der Waals surface area contributed by atoms with E-state index in [4.69, 9.17) is 28.6 Å². The summed E-state index contributed by atoms with van der Waals surface area (Å²) in [7, 11) is 1.43. The molecule has 3 rings (SSSR count). The minimum Gasteiger partial charge on any atom is -0.494 e. The second-order valence-electron chi connectivity index (χ2n) is 5.87. The Labute approximate surface area is 185 Å². The fourth-order valence-electron chi connectivity index (χ4n) is 2.50. The van der Waals surface area contributed by atoms with Crippen molar-refractivity contribution in [3.05, 3.63) is 73.8 Å². The van der Waals surface area contributed by atoms with Gasteiger partial charge in [-0.15, -0.1) is 0 Å². The molecule has 1 aromatic heterocycles. The molecule has 150 valence electrons. The van der Waals surface area contributed by atoms with E-state index in [0.29, 0.717) is 28.8 Å². The molecular weight excluding hydrogens is 482 g/mol. The number of non-ortho nitro benzene ring substituents is 1. The fraction of sp³-hybridized carbons (Fsp3) is 0.111. The van der Waals surface area contributed by atoms with E-state index in [1.165, 1.54) is 25.3 Å². The first-order valence-electron chi connectivity index (χ1n) is 8.23. The SMILES string of the molecule is COc1cc([N+](=O)[O-])ccc1NC(=S)Nc1nn(Cc2ccc(Cl)cc2)cc1Br. The first-order valence-corrected chi connectivity index (χ1v) is 9.81. The summed E-state index contributed by atoms with van der Waals surface area (Å²) >= 11 is 14.7. The first-order chi connectivity index (χ1) is 13.9. The highest BCUT2D eigenvalue weighted by atomic mass is 79.9. The number of halogens is 2. The molecule has 0 saturated heterocycles. The number of nitro benzene ring substituents is 1. The van der Waals surface area contributed by atoms with E-state index < -0.39 is 4.92 Å². The molecule has 29 heavy (non-hydrogen) atoms. The summed E-state index contributed by atoms with van der Waals surface area (Å²) in [6.07, 6.45) is 1.83. The van der Waals surface area contributed by atoms with Gasteiger partial charge in [0.05, 0.1) is 34.8 Å². The normalized spacial score (nSPS) is 10.4. The van der Waals surface area contributed by atoms with Crippen LogP contribution in [0.4, 0.5) is 17.2 Å². The van der Waals surface area contributed by atoms with Crippen molar-refractivity contribution in [3.8, 4) is 5.75 Å². The Morgan fingerprint density at radius 3 is 2.69 bits per heavy atom. The summed E-state index contributed by atoms with van der Waals surface area (Å²) in [5, 5.41) is 22.3. The molecule has 0 aliphatic carbocycles. The topological polar surface area (TPSA) is 94.2 Å². The minimum absolute atomic E-state index is 0.0741. The molecule has 2 aromatic carbocycles. The largest absolute Gasteiger partial charge is 0.494 e. The first kappa shape index (κ1) is 21.0. The number of nitrogens with one attached hydrogen (secondary N) is 2. The molecule has 0 unspecified atom stereocenters. The van der Waals surface area contributed by atoms with Crippen LogP contribution in [0.1, 0.15) is 5.56 Å². The van der Waals surface area contributed by atoms with E-state index in [1.807, 2.05) is 30.5 Å². The van der Waals surface area contributed by atoms with Gasteiger partial charge in [0.2, 0.25) is 0 Å². The number of benzene rings is 2. The Kier molecular flexibility index (Phi) is 6.68. The van der Waals surface area contributed by atoms with E-state index in [2.05, 4.69) is 31.7 Å². The van der Waals surface area contributed by atoms with Gasteiger partial charge in [-0.1, -0.05) is 23.7 Å². The molecule has 11 heteroatoms. The van der Waals surface area contributed by atoms with Gasteiger partial charge in [-0.25, -0.2) is 0 Å². The van der Waals surface area contributed by atoms with Crippen LogP contribution >= 0.6 is 39.7 Å². The van der Waals surface area contributed by atoms with Gasteiger partial charge in [0.25, 0.3) is 5.69 Å². The third-order valence-corrected chi connectivity index (χ3v) is 4.89. The van der Waals surface area contributed by atoms with Crippen LogP contribution in [0.5, 0.6) is 5.75 Å². The van der Waals surface area contributed by atoms with E-state index in [1.54, 1.807) is 4.68 Å². The van der Waals surface area contributed by atoms with Crippen molar-refractivity contribution in [1.29, 1.82) is 0 Å². The molecule has 1 heterocycles. The molecule has 2 N–H and O–H groups in total. The molecule has 0 aliphatic rings. The quantitative estimate of drug-likeness (QED) is 0.279. The molecule has 0 bridgehead atoms. The monoisotopic (exact) mass is 495 g/mol. The summed E-state index contributed by atoms with van der Waals surface area (Å²) in [5.41, 5.74) is 1.47. The van der Waals surface area contributed by atoms with Gasteiger partial charge in [0.15, 0.2) is 10.9 Å². The van der Waals surface area contributed by atoms with E-state index in [9.17, 15) is 10.1 Å². The predicted molar refractivity (Wildman–Crippen MR) is 120 cm³/mol. The second kappa shape index (κ2) is 9.21. The fourth-order valence-corrected chi connectivity index (χ4v) is 3.24. The standard InChI is InChI=1S/C18H15BrClN5O3S/c1-28-16-8-13(25(26)27)6-7-15(16)21-18(29)22-17-14(19)10-24(23-17)9-11-2-4-12(20)5-3-11/h2-8,10H,9H2,1H3,(H2,21,22,23,29). The Morgan fingerprint density at radius 1 is 1.31 bits per heavy atom. The van der Waals surface area contributed by atoms with Gasteiger partial charge >= 0.3 is 0 Å². The smallest absolute Gasteiger partial charge is 0.273 e. The number of hydrogen-bond donors (Lipinski definition) is 2. The minimum atomic E-state index is -0.493. The Hall–Kier alpha value is -2.69. The van der Waals surface area contributed by atoms with Crippen molar-refractivity contribution >= 4 is 62.1 Å². The molecule has 0 radical (unpaired) electrons. The Bertz CT molecular complexity index is 1060. The number of aromatic nitrogens is 2. The molecule has 0 saturated carbocycles. The van der Waals surface area contributed by atoms with Crippen LogP contribution < -0.4 is 15.4 Å². The predicted octanol–water partition coefficient (Wildman–Crippen LogP) is 5.07. The Balaban J connectivity index is 1.69. The summed E-state index contributed by atoms with van der Waals surface area (Å²) in [4.78, 5) is 10.4. The zero-order valence-electron chi connectivity index (χ0n) is 15.1. The number of ether oxygens (including phenoxy) is 1. The van der Waals surface area contributed by atoms with Gasteiger partial charge < -0.3 is 15.4 Å². The van der Waals surface area contributed by atoms with Crippen LogP contribution in [0.3, 0.4) is 0 Å². The summed E-state index contributed by atoms with van der Waals surface area (Å²) in [5.74, 6) is 0.827. The van der Waals surface area contributed by atoms with Crippen molar-refractivity contribution in [2.24, 2.45) is 0 Å². The van der Waals surface area contributed by atoms with Gasteiger partial charge in [0.1, 0.15) is 5.75 Å². The van der Waals surface area contributed by atoms with Crippen LogP contribution in [0, 0.1) is 10.1 Å². The summed E-state index contributed by atoms with van der Waals surface area (Å²) in [6.45, 7) is 0.563. The van der Waals surface area contributed by atoms with E-state index >= 15 is 0 Å². The highest BCUT2D eigenvalue weighted by Gasteiger charge is 2.14. The lowest BCUT2D eigenvalue weighted by Gasteiger charge is -2.12. The molecule has 0 aliphatic heterocycles. The summed E-state index contributed by atoms with van der Waals surface area (Å²) < 4.78 is 7.68. The number of rotatable bonds is 6. The molecule has 0 atom stereocenters. The van der Waals surface area contributed by atoms with Crippen molar-refractivity contribution in [3.63, 3.8) is 0 Å². The van der Waals surface area contributed by atoms with Crippen molar-refractivity contribution in [2.75, 3.05) is 17.7 Å². The maximum absolute atomic E-state index is 10.9. The Morgan fingerprint density at radius 2 is 2.03 bits per heavy atom. The average Bonchev–Trinajstić information content (AvgIpc) is 3.02. The third-order valence-electron chi connectivity index (χ3n) is 3.85. The molecule has 8 nitrogen and oxygen atoms in total. The second-order valence-corrected chi connectivity index (χ2v) is 7.57. The summed E-state index contributed by atoms with van der Waals surface area (Å²) in [6, 6.07) is 11.7. The van der Waals surface area contributed by atoms with Gasteiger partial charge in [-0.3, -0.25) is 14.8 Å². The van der Waals surface area contributed by atoms with Crippen LogP contribution in [-0.2, 0) is 6.54 Å². The molecule has 0 spiro atoms. The third kappa shape index (κ3) is 5.43. The van der Waals surface area contributed by atoms with Gasteiger partial charge in [-0.2, -0.15) is 5.10 Å². The lowest BCUT2D eigenvalue weighted by molar-refractivity contribution is -0.384. The van der Waals surface area contributed by atoms with Crippen LogP contribution in [0.2, 0.25) is 5.02 Å². The van der Waals surface area contributed by atoms with E-state index in [-0.39, 0.29) is 10.8 Å². The number of hydrogen-bond acceptors (Lipinski definition) is 5. The number of nitrogens with zero attached hydrogens (tertiary/aromatic N) is 3. The zero-order chi connectivity index (χ0) is 21.0. The molecule has 0 fully saturated rings. The lowest BCUT2D eigenvalue weighted by Crippen LogP contribution is -2.20. The molecule has 3 aromatic rings. The maximum atomic E-state index is 10.9. The van der Waals surface area contributed by atoms with Crippen LogP contribution in [0.25, 0.3) is 0 Å². The van der Waals surface area contributed by atoms with Gasteiger partial charge in [-0.05, 0) is 51.9 Å². The molecular formula is C18H15BrClN5O3S. The van der Waals surface area contributed by atoms with Crippen molar-refractivity contribution in [1.82, 2.24) is 9.78 Å². The highest BCUT2D eigenvalue weighted by molar-refractivity contribution is 9.10. The van der Waals surface area contributed by atoms with Crippen LogP contribution in [-0.4, -0.2) is 26.9 Å². The lowest BCUT2D eigenvalue weighted by atomic mass is 10.2. The number of nitro groups is 1. The van der Waals surface area contributed by atoms with Crippen molar-refractivity contribution in [2.45, 2.75) is 6.54 Å². The number of methoxy groups -OCH3 is 1. The van der Waals surface area contributed by atoms with E-state index in [0.717, 1.165) is 10.0 Å². The van der Waals surface area contributed by atoms with Crippen molar-refractivity contribution < 1.29 is 9.66 Å². The average molecular weight is 497 g/mol.